The second-order valence-electron chi connectivity index (χ2n) is 12.4. The van der Waals surface area contributed by atoms with Gasteiger partial charge in [-0.3, -0.25) is 0 Å². The molecule has 0 bridgehead atoms. The molecule has 1 aliphatic heterocycles. The lowest BCUT2D eigenvalue weighted by Crippen LogP contribution is -2.44. The molecule has 3 aromatic heterocycles. The van der Waals surface area contributed by atoms with Crippen LogP contribution in [0.5, 0.6) is 0 Å². The minimum atomic E-state index is -0.127. The Balaban J connectivity index is 1.82. The van der Waals surface area contributed by atoms with E-state index >= 15 is 0 Å². The van der Waals surface area contributed by atoms with E-state index in [4.69, 9.17) is 0 Å². The van der Waals surface area contributed by atoms with Crippen molar-refractivity contribution in [2.24, 2.45) is 7.05 Å². The van der Waals surface area contributed by atoms with Gasteiger partial charge in [0.1, 0.15) is 5.52 Å². The fraction of sp³-hybridized carbons (Fsp3) is 0.286. The summed E-state index contributed by atoms with van der Waals surface area (Å²) in [5.41, 5.74) is 12.9. The number of fused-ring (bicyclic) bond motifs is 3. The lowest BCUT2D eigenvalue weighted by molar-refractivity contribution is -0.632. The van der Waals surface area contributed by atoms with E-state index in [0.717, 1.165) is 0 Å². The first-order valence-corrected chi connectivity index (χ1v) is 13.7. The van der Waals surface area contributed by atoms with Crippen molar-refractivity contribution in [1.29, 1.82) is 0 Å². The van der Waals surface area contributed by atoms with Gasteiger partial charge in [0.2, 0.25) is 0 Å². The molecule has 0 fully saturated rings. The number of aryl methyl sites for hydroxylation is 4. The number of benzene rings is 3. The summed E-state index contributed by atoms with van der Waals surface area (Å²) in [6.45, 7) is 16.4. The van der Waals surface area contributed by atoms with Gasteiger partial charge in [0.25, 0.3) is 5.65 Å². The van der Waals surface area contributed by atoms with Crippen molar-refractivity contribution in [1.82, 2.24) is 8.97 Å². The Morgan fingerprint density at radius 3 is 2.08 bits per heavy atom. The summed E-state index contributed by atoms with van der Waals surface area (Å²) in [5, 5.41) is 3.99. The van der Waals surface area contributed by atoms with Gasteiger partial charge in [0.05, 0.1) is 12.4 Å². The van der Waals surface area contributed by atoms with E-state index in [-0.39, 0.29) is 10.8 Å². The van der Waals surface area contributed by atoms with E-state index < -0.39 is 0 Å². The highest BCUT2D eigenvalue weighted by molar-refractivity contribution is 6.14. The molecule has 0 N–H and O–H groups in total. The summed E-state index contributed by atoms with van der Waals surface area (Å²) < 4.78 is 7.48. The van der Waals surface area contributed by atoms with E-state index in [0.29, 0.717) is 0 Å². The second-order valence-corrected chi connectivity index (χ2v) is 12.4. The van der Waals surface area contributed by atoms with Crippen molar-refractivity contribution in [2.45, 2.75) is 59.3 Å². The number of imidazole rings is 1. The summed E-state index contributed by atoms with van der Waals surface area (Å²) in [7, 11) is 2.26. The topological polar surface area (TPSA) is 13.2 Å². The molecule has 6 aromatic rings. The molecular formula is C35H36N3+. The standard InChI is InChI=1S/C35H36N3/c1-21-13-12-16-26-27-19-25(37-22(2)17-18-23(37)3)20-28-31(27)38-32(35(6,7)34(28,4)5)30(24-14-10-9-11-15-24)36(8)33(38)29(21)26/h9-20H,1-8H3/q+1. The van der Waals surface area contributed by atoms with Gasteiger partial charge in [0.15, 0.2) is 11.4 Å². The van der Waals surface area contributed by atoms with Crippen LogP contribution in [0.4, 0.5) is 0 Å². The van der Waals surface area contributed by atoms with Gasteiger partial charge in [-0.15, -0.1) is 0 Å². The third-order valence-corrected chi connectivity index (χ3v) is 9.82. The molecule has 3 aromatic carbocycles. The summed E-state index contributed by atoms with van der Waals surface area (Å²) in [6.07, 6.45) is 0. The Kier molecular flexibility index (Phi) is 4.52. The van der Waals surface area contributed by atoms with Crippen LogP contribution in [0.1, 0.15) is 55.9 Å². The number of rotatable bonds is 2. The van der Waals surface area contributed by atoms with Crippen LogP contribution in [-0.4, -0.2) is 8.97 Å². The molecule has 3 heteroatoms. The van der Waals surface area contributed by atoms with Crippen molar-refractivity contribution < 1.29 is 4.57 Å². The maximum Gasteiger partial charge on any atom is 0.295 e. The van der Waals surface area contributed by atoms with Crippen LogP contribution in [0.15, 0.2) is 72.8 Å². The maximum absolute atomic E-state index is 2.62. The first-order valence-electron chi connectivity index (χ1n) is 13.7. The molecule has 0 aliphatic carbocycles. The molecule has 0 amide bonds. The molecule has 7 rings (SSSR count). The van der Waals surface area contributed by atoms with Gasteiger partial charge in [-0.1, -0.05) is 76.2 Å². The molecule has 1 aliphatic rings. The van der Waals surface area contributed by atoms with Gasteiger partial charge in [-0.2, -0.15) is 4.40 Å². The zero-order valence-electron chi connectivity index (χ0n) is 23.8. The maximum atomic E-state index is 2.62. The van der Waals surface area contributed by atoms with Crippen molar-refractivity contribution in [3.8, 4) is 16.9 Å². The zero-order chi connectivity index (χ0) is 26.7. The number of nitrogens with zero attached hydrogens (tertiary/aromatic N) is 3. The summed E-state index contributed by atoms with van der Waals surface area (Å²) in [4.78, 5) is 0. The number of aromatic nitrogens is 3. The van der Waals surface area contributed by atoms with E-state index in [1.807, 2.05) is 0 Å². The predicted molar refractivity (Wildman–Crippen MR) is 159 cm³/mol. The molecule has 0 saturated heterocycles. The fourth-order valence-corrected chi connectivity index (χ4v) is 7.19. The summed E-state index contributed by atoms with van der Waals surface area (Å²) in [5.74, 6) is 0. The predicted octanol–water partition coefficient (Wildman–Crippen LogP) is 8.02. The van der Waals surface area contributed by atoms with E-state index in [1.165, 1.54) is 72.5 Å². The largest absolute Gasteiger partial charge is 0.318 e. The van der Waals surface area contributed by atoms with Crippen molar-refractivity contribution >= 4 is 27.3 Å². The Morgan fingerprint density at radius 1 is 0.711 bits per heavy atom. The number of hydrogen-bond acceptors (Lipinski definition) is 0. The third-order valence-electron chi connectivity index (χ3n) is 9.82. The Morgan fingerprint density at radius 2 is 1.39 bits per heavy atom. The normalized spacial score (nSPS) is 15.8. The lowest BCUT2D eigenvalue weighted by atomic mass is 9.60. The molecular weight excluding hydrogens is 462 g/mol. The second kappa shape index (κ2) is 7.38. The van der Waals surface area contributed by atoms with Crippen LogP contribution < -0.4 is 4.57 Å². The molecule has 0 unspecified atom stereocenters. The minimum absolute atomic E-state index is 0.106. The van der Waals surface area contributed by atoms with Crippen LogP contribution in [0.2, 0.25) is 0 Å². The fourth-order valence-electron chi connectivity index (χ4n) is 7.19. The van der Waals surface area contributed by atoms with E-state index in [1.54, 1.807) is 0 Å². The van der Waals surface area contributed by atoms with E-state index in [9.17, 15) is 0 Å². The molecule has 0 spiro atoms. The Bertz CT molecular complexity index is 1930. The first-order chi connectivity index (χ1) is 18.1. The molecule has 38 heavy (non-hydrogen) atoms. The third kappa shape index (κ3) is 2.67. The van der Waals surface area contributed by atoms with Crippen molar-refractivity contribution in [3.05, 3.63) is 101 Å². The van der Waals surface area contributed by atoms with E-state index in [2.05, 4.69) is 142 Å². The van der Waals surface area contributed by atoms with Crippen molar-refractivity contribution in [3.63, 3.8) is 0 Å². The number of pyridine rings is 1. The SMILES string of the molecule is Cc1cccc2c3cc(-n4c(C)ccc4C)cc4c3n3c(c(-c5ccccc5)[n+](C)c3c12)C(C)(C)C4(C)C. The van der Waals surface area contributed by atoms with Gasteiger partial charge in [-0.25, -0.2) is 4.57 Å². The summed E-state index contributed by atoms with van der Waals surface area (Å²) >= 11 is 0. The Hall–Kier alpha value is -3.85. The quantitative estimate of drug-likeness (QED) is 0.169. The zero-order valence-corrected chi connectivity index (χ0v) is 23.8. The van der Waals surface area contributed by atoms with Gasteiger partial charge < -0.3 is 4.57 Å². The van der Waals surface area contributed by atoms with Crippen molar-refractivity contribution in [2.75, 3.05) is 0 Å². The minimum Gasteiger partial charge on any atom is -0.318 e. The number of hydrogen-bond donors (Lipinski definition) is 0. The van der Waals surface area contributed by atoms with Crippen LogP contribution in [0.3, 0.4) is 0 Å². The molecule has 0 atom stereocenters. The molecule has 4 heterocycles. The average molecular weight is 499 g/mol. The molecule has 3 nitrogen and oxygen atoms in total. The molecule has 0 saturated carbocycles. The van der Waals surface area contributed by atoms with Crippen LogP contribution in [0, 0.1) is 20.8 Å². The van der Waals surface area contributed by atoms with Crippen LogP contribution in [-0.2, 0) is 17.9 Å². The Labute approximate surface area is 225 Å². The van der Waals surface area contributed by atoms with Gasteiger partial charge in [-0.05, 0) is 50.6 Å². The van der Waals surface area contributed by atoms with Crippen LogP contribution in [0.25, 0.3) is 44.3 Å². The lowest BCUT2D eigenvalue weighted by Gasteiger charge is -2.43. The molecule has 190 valence electrons. The highest BCUT2D eigenvalue weighted by Gasteiger charge is 2.52. The first kappa shape index (κ1) is 23.3. The average Bonchev–Trinajstić information content (AvgIpc) is 3.39. The van der Waals surface area contributed by atoms with Crippen LogP contribution >= 0.6 is 0 Å². The highest BCUT2D eigenvalue weighted by Crippen LogP contribution is 2.54. The highest BCUT2D eigenvalue weighted by atomic mass is 15.1. The van der Waals surface area contributed by atoms with Gasteiger partial charge in [0, 0.05) is 49.8 Å². The smallest absolute Gasteiger partial charge is 0.295 e. The summed E-state index contributed by atoms with van der Waals surface area (Å²) in [6, 6.07) is 27.1. The monoisotopic (exact) mass is 498 g/mol. The van der Waals surface area contributed by atoms with Gasteiger partial charge >= 0.3 is 0 Å². The molecule has 0 radical (unpaired) electrons.